The van der Waals surface area contributed by atoms with Crippen LogP contribution in [0.4, 0.5) is 0 Å². The Kier molecular flexibility index (Phi) is 7.04. The van der Waals surface area contributed by atoms with E-state index in [9.17, 15) is 0 Å². The number of benzene rings is 1. The zero-order chi connectivity index (χ0) is 15.0. The average Bonchev–Trinajstić information content (AvgIpc) is 2.40. The quantitative estimate of drug-likeness (QED) is 0.582. The number of aliphatic imine (C=N–C) groups is 1. The third-order valence-electron chi connectivity index (χ3n) is 3.05. The third kappa shape index (κ3) is 5.59. The van der Waals surface area contributed by atoms with Crippen LogP contribution in [-0.2, 0) is 4.74 Å². The Hall–Kier alpha value is -1.59. The largest absolute Gasteiger partial charge is 0.383 e. The minimum Gasteiger partial charge on any atom is -0.383 e. The molecule has 112 valence electrons. The molecule has 3 N–H and O–H groups in total. The van der Waals surface area contributed by atoms with Gasteiger partial charge in [-0.15, -0.1) is 0 Å². The van der Waals surface area contributed by atoms with Crippen molar-refractivity contribution < 1.29 is 4.74 Å². The number of nitrogens with zero attached hydrogens (tertiary/aromatic N) is 2. The fourth-order valence-corrected chi connectivity index (χ4v) is 2.02. The number of rotatable bonds is 7. The number of likely N-dealkylation sites (N-methyl/N-ethyl adjacent to an activating group) is 1. The van der Waals surface area contributed by atoms with Crippen LogP contribution in [0.1, 0.15) is 18.5 Å². The van der Waals surface area contributed by atoms with Gasteiger partial charge in [0, 0.05) is 13.2 Å². The van der Waals surface area contributed by atoms with Crippen LogP contribution >= 0.6 is 0 Å². The number of guanidine groups is 1. The normalized spacial score (nSPS) is 15.2. The molecular weight excluding hydrogens is 252 g/mol. The van der Waals surface area contributed by atoms with Gasteiger partial charge in [0.15, 0.2) is 5.96 Å². The van der Waals surface area contributed by atoms with Crippen LogP contribution < -0.4 is 11.1 Å². The Labute approximate surface area is 121 Å². The van der Waals surface area contributed by atoms with E-state index in [1.807, 2.05) is 39.2 Å². The minimum atomic E-state index is 0.151. The van der Waals surface area contributed by atoms with Crippen molar-refractivity contribution >= 4 is 5.96 Å². The van der Waals surface area contributed by atoms with Crippen molar-refractivity contribution in [1.82, 2.24) is 10.2 Å². The predicted molar refractivity (Wildman–Crippen MR) is 83.8 cm³/mol. The van der Waals surface area contributed by atoms with Crippen molar-refractivity contribution in [3.63, 3.8) is 0 Å². The van der Waals surface area contributed by atoms with E-state index in [2.05, 4.69) is 27.3 Å². The SMILES string of the molecule is COCC(C)NC(N)=NCC(c1ccccc1)N(C)C. The molecule has 0 spiro atoms. The highest BCUT2D eigenvalue weighted by molar-refractivity contribution is 5.78. The number of nitrogens with one attached hydrogen (secondary N) is 1. The second-order valence-corrected chi connectivity index (χ2v) is 5.12. The Morgan fingerprint density at radius 2 is 2.00 bits per heavy atom. The van der Waals surface area contributed by atoms with Crippen LogP contribution in [0.15, 0.2) is 35.3 Å². The van der Waals surface area contributed by atoms with Gasteiger partial charge >= 0.3 is 0 Å². The average molecular weight is 278 g/mol. The zero-order valence-electron chi connectivity index (χ0n) is 12.8. The molecule has 0 aliphatic heterocycles. The minimum absolute atomic E-state index is 0.151. The molecule has 5 nitrogen and oxygen atoms in total. The monoisotopic (exact) mass is 278 g/mol. The first-order valence-electron chi connectivity index (χ1n) is 6.81. The standard InChI is InChI=1S/C15H26N4O/c1-12(11-20-4)18-15(16)17-10-14(19(2)3)13-8-6-5-7-9-13/h5-9,12,14H,10-11H2,1-4H3,(H3,16,17,18). The van der Waals surface area contributed by atoms with Crippen LogP contribution in [0.3, 0.4) is 0 Å². The summed E-state index contributed by atoms with van der Waals surface area (Å²) in [4.78, 5) is 6.57. The summed E-state index contributed by atoms with van der Waals surface area (Å²) in [5.74, 6) is 0.456. The Bertz CT molecular complexity index is 406. The molecule has 0 saturated carbocycles. The number of nitrogens with two attached hydrogens (primary N) is 1. The summed E-state index contributed by atoms with van der Waals surface area (Å²) in [6.07, 6.45) is 0. The summed E-state index contributed by atoms with van der Waals surface area (Å²) in [6, 6.07) is 10.7. The summed E-state index contributed by atoms with van der Waals surface area (Å²) < 4.78 is 5.06. The van der Waals surface area contributed by atoms with E-state index in [0.29, 0.717) is 19.1 Å². The summed E-state index contributed by atoms with van der Waals surface area (Å²) in [7, 11) is 5.76. The van der Waals surface area contributed by atoms with Gasteiger partial charge in [-0.1, -0.05) is 30.3 Å². The predicted octanol–water partition coefficient (Wildman–Crippen LogP) is 1.23. The lowest BCUT2D eigenvalue weighted by Crippen LogP contribution is -2.41. The lowest BCUT2D eigenvalue weighted by Gasteiger charge is -2.23. The smallest absolute Gasteiger partial charge is 0.188 e. The molecule has 2 atom stereocenters. The van der Waals surface area contributed by atoms with Crippen molar-refractivity contribution in [3.05, 3.63) is 35.9 Å². The molecule has 0 heterocycles. The Balaban J connectivity index is 2.63. The van der Waals surface area contributed by atoms with Crippen LogP contribution in [0.2, 0.25) is 0 Å². The van der Waals surface area contributed by atoms with E-state index in [1.54, 1.807) is 7.11 Å². The second kappa shape index (κ2) is 8.55. The van der Waals surface area contributed by atoms with Crippen LogP contribution in [-0.4, -0.2) is 51.3 Å². The van der Waals surface area contributed by atoms with E-state index in [4.69, 9.17) is 10.5 Å². The topological polar surface area (TPSA) is 62.9 Å². The first-order chi connectivity index (χ1) is 9.54. The molecule has 0 fully saturated rings. The molecule has 0 saturated heterocycles. The Morgan fingerprint density at radius 1 is 1.35 bits per heavy atom. The molecule has 20 heavy (non-hydrogen) atoms. The van der Waals surface area contributed by atoms with Crippen molar-refractivity contribution in [1.29, 1.82) is 0 Å². The molecule has 1 aromatic rings. The summed E-state index contributed by atoms with van der Waals surface area (Å²) in [5, 5.41) is 3.11. The van der Waals surface area contributed by atoms with Crippen molar-refractivity contribution in [2.75, 3.05) is 34.4 Å². The van der Waals surface area contributed by atoms with Crippen molar-refractivity contribution in [3.8, 4) is 0 Å². The molecule has 2 unspecified atom stereocenters. The lowest BCUT2D eigenvalue weighted by atomic mass is 10.1. The molecule has 1 aromatic carbocycles. The molecular formula is C15H26N4O. The van der Waals surface area contributed by atoms with Gasteiger partial charge in [0.25, 0.3) is 0 Å². The van der Waals surface area contributed by atoms with E-state index in [1.165, 1.54) is 5.56 Å². The molecule has 0 aromatic heterocycles. The molecule has 0 amide bonds. The van der Waals surface area contributed by atoms with E-state index >= 15 is 0 Å². The van der Waals surface area contributed by atoms with Gasteiger partial charge < -0.3 is 20.7 Å². The highest BCUT2D eigenvalue weighted by Gasteiger charge is 2.13. The maximum Gasteiger partial charge on any atom is 0.188 e. The molecule has 0 aliphatic carbocycles. The number of hydrogen-bond donors (Lipinski definition) is 2. The second-order valence-electron chi connectivity index (χ2n) is 5.12. The van der Waals surface area contributed by atoms with Crippen LogP contribution in [0, 0.1) is 0 Å². The number of hydrogen-bond acceptors (Lipinski definition) is 3. The van der Waals surface area contributed by atoms with Crippen LogP contribution in [0.25, 0.3) is 0 Å². The summed E-state index contributed by atoms with van der Waals surface area (Å²) in [5.41, 5.74) is 7.13. The fourth-order valence-electron chi connectivity index (χ4n) is 2.02. The van der Waals surface area contributed by atoms with E-state index in [0.717, 1.165) is 0 Å². The van der Waals surface area contributed by atoms with E-state index in [-0.39, 0.29) is 12.1 Å². The van der Waals surface area contributed by atoms with Gasteiger partial charge in [-0.25, -0.2) is 0 Å². The first kappa shape index (κ1) is 16.5. The summed E-state index contributed by atoms with van der Waals surface area (Å²) in [6.45, 7) is 3.23. The molecule has 0 bridgehead atoms. The van der Waals surface area contributed by atoms with Gasteiger partial charge in [-0.2, -0.15) is 0 Å². The first-order valence-corrected chi connectivity index (χ1v) is 6.81. The van der Waals surface area contributed by atoms with E-state index < -0.39 is 0 Å². The van der Waals surface area contributed by atoms with Gasteiger partial charge in [0.2, 0.25) is 0 Å². The fraction of sp³-hybridized carbons (Fsp3) is 0.533. The van der Waals surface area contributed by atoms with Crippen LogP contribution in [0.5, 0.6) is 0 Å². The van der Waals surface area contributed by atoms with Gasteiger partial charge in [0.05, 0.1) is 19.2 Å². The molecule has 0 aliphatic rings. The van der Waals surface area contributed by atoms with Crippen molar-refractivity contribution in [2.45, 2.75) is 19.0 Å². The molecule has 1 rings (SSSR count). The van der Waals surface area contributed by atoms with Gasteiger partial charge in [-0.3, -0.25) is 4.99 Å². The number of methoxy groups -OCH3 is 1. The Morgan fingerprint density at radius 3 is 2.55 bits per heavy atom. The summed E-state index contributed by atoms with van der Waals surface area (Å²) >= 11 is 0. The maximum absolute atomic E-state index is 5.90. The molecule has 5 heteroatoms. The highest BCUT2D eigenvalue weighted by atomic mass is 16.5. The maximum atomic E-state index is 5.90. The van der Waals surface area contributed by atoms with Gasteiger partial charge in [-0.05, 0) is 26.6 Å². The zero-order valence-corrected chi connectivity index (χ0v) is 12.8. The number of ether oxygens (including phenoxy) is 1. The van der Waals surface area contributed by atoms with Crippen molar-refractivity contribution in [2.24, 2.45) is 10.7 Å². The highest BCUT2D eigenvalue weighted by Crippen LogP contribution is 2.17. The third-order valence-corrected chi connectivity index (χ3v) is 3.05. The molecule has 0 radical (unpaired) electrons. The van der Waals surface area contributed by atoms with Gasteiger partial charge in [0.1, 0.15) is 0 Å². The lowest BCUT2D eigenvalue weighted by molar-refractivity contribution is 0.179.